The van der Waals surface area contributed by atoms with Crippen LogP contribution in [0.5, 0.6) is 5.88 Å². The lowest BCUT2D eigenvalue weighted by Gasteiger charge is -2.12. The number of hydrogen-bond donors (Lipinski definition) is 2. The van der Waals surface area contributed by atoms with Gasteiger partial charge in [0, 0.05) is 10.4 Å². The van der Waals surface area contributed by atoms with E-state index in [1.54, 1.807) is 42.5 Å². The maximum atomic E-state index is 13.4. The van der Waals surface area contributed by atoms with Crippen LogP contribution in [-0.2, 0) is 4.79 Å². The molecule has 0 radical (unpaired) electrons. The highest BCUT2D eigenvalue weighted by Crippen LogP contribution is 2.36. The van der Waals surface area contributed by atoms with Gasteiger partial charge in [0.15, 0.2) is 10.8 Å². The highest BCUT2D eigenvalue weighted by atomic mass is 35.5. The van der Waals surface area contributed by atoms with E-state index in [4.69, 9.17) is 11.6 Å². The number of rotatable bonds is 5. The van der Waals surface area contributed by atoms with Crippen LogP contribution in [0.15, 0.2) is 86.9 Å². The zero-order valence-corrected chi connectivity index (χ0v) is 20.0. The van der Waals surface area contributed by atoms with Crippen molar-refractivity contribution in [1.82, 2.24) is 14.5 Å². The van der Waals surface area contributed by atoms with E-state index >= 15 is 0 Å². The van der Waals surface area contributed by atoms with Crippen LogP contribution in [0.1, 0.15) is 5.56 Å². The van der Waals surface area contributed by atoms with Gasteiger partial charge < -0.3 is 10.1 Å². The van der Waals surface area contributed by atoms with Crippen LogP contribution in [0.2, 0.25) is 5.02 Å². The highest BCUT2D eigenvalue weighted by Gasteiger charge is 2.16. The summed E-state index contributed by atoms with van der Waals surface area (Å²) in [5.74, 6) is -0.871. The Labute approximate surface area is 208 Å². The molecule has 3 aromatic carbocycles. The van der Waals surface area contributed by atoms with Crippen molar-refractivity contribution in [2.75, 3.05) is 5.75 Å². The fraction of sp³-hybridized carbons (Fsp3) is 0.0800. The minimum absolute atomic E-state index is 0.107. The molecule has 1 amide bonds. The highest BCUT2D eigenvalue weighted by molar-refractivity contribution is 7.99. The molecule has 2 aromatic heterocycles. The topological polar surface area (TPSA) is 113 Å². The van der Waals surface area contributed by atoms with E-state index in [0.717, 1.165) is 17.3 Å². The van der Waals surface area contributed by atoms with Crippen molar-refractivity contribution in [3.05, 3.63) is 87.7 Å². The molecule has 0 saturated carbocycles. The molecule has 0 aliphatic rings. The molecule has 0 spiro atoms. The average Bonchev–Trinajstić information content (AvgIpc) is 3.16. The molecule has 8 nitrogen and oxygen atoms in total. The lowest BCUT2D eigenvalue weighted by atomic mass is 10.1. The summed E-state index contributed by atoms with van der Waals surface area (Å²) in [6, 6.07) is 19.6. The fourth-order valence-electron chi connectivity index (χ4n) is 3.68. The summed E-state index contributed by atoms with van der Waals surface area (Å²) in [6.07, 6.45) is 0. The molecule has 174 valence electrons. The predicted octanol–water partition coefficient (Wildman–Crippen LogP) is 5.94. The van der Waals surface area contributed by atoms with E-state index in [9.17, 15) is 14.7 Å². The molecule has 0 aliphatic heterocycles. The Morgan fingerprint density at radius 1 is 1.11 bits per heavy atom. The first-order valence-electron chi connectivity index (χ1n) is 10.6. The zero-order chi connectivity index (χ0) is 24.5. The van der Waals surface area contributed by atoms with Crippen LogP contribution in [-0.4, -0.2) is 31.3 Å². The zero-order valence-electron chi connectivity index (χ0n) is 18.4. The van der Waals surface area contributed by atoms with Crippen LogP contribution in [0.3, 0.4) is 0 Å². The first-order valence-corrected chi connectivity index (χ1v) is 11.9. The molecule has 0 atom stereocenters. The molecule has 0 fully saturated rings. The fourth-order valence-corrected chi connectivity index (χ4v) is 4.64. The Kier molecular flexibility index (Phi) is 6.10. The number of nitrogens with zero attached hydrogens (tertiary/aromatic N) is 4. The van der Waals surface area contributed by atoms with Crippen molar-refractivity contribution in [2.24, 2.45) is 10.2 Å². The number of aromatic hydroxyl groups is 1. The minimum atomic E-state index is -0.552. The number of aryl methyl sites for hydroxylation is 1. The predicted molar refractivity (Wildman–Crippen MR) is 137 cm³/mol. The molecule has 0 aliphatic carbocycles. The van der Waals surface area contributed by atoms with Gasteiger partial charge in [-0.2, -0.15) is 0 Å². The summed E-state index contributed by atoms with van der Waals surface area (Å²) in [5.41, 5.74) is 2.66. The molecule has 35 heavy (non-hydrogen) atoms. The number of fused-ring (bicyclic) bond motifs is 2. The van der Waals surface area contributed by atoms with E-state index in [2.05, 4.69) is 20.2 Å². The smallest absolute Gasteiger partial charge is 0.275 e. The number of azo groups is 1. The van der Waals surface area contributed by atoms with Crippen molar-refractivity contribution in [1.29, 1.82) is 0 Å². The van der Waals surface area contributed by atoms with Crippen LogP contribution >= 0.6 is 23.4 Å². The Bertz CT molecular complexity index is 1680. The number of halogens is 1. The van der Waals surface area contributed by atoms with Crippen molar-refractivity contribution < 1.29 is 9.90 Å². The maximum Gasteiger partial charge on any atom is 0.275 e. The number of benzene rings is 3. The van der Waals surface area contributed by atoms with Crippen molar-refractivity contribution in [2.45, 2.75) is 12.1 Å². The average molecular weight is 504 g/mol. The normalized spacial score (nSPS) is 11.6. The second-order valence-corrected chi connectivity index (χ2v) is 9.16. The number of H-pyrrole nitrogens is 1. The van der Waals surface area contributed by atoms with Gasteiger partial charge in [0.25, 0.3) is 11.5 Å². The maximum absolute atomic E-state index is 13.4. The molecule has 5 aromatic rings. The largest absolute Gasteiger partial charge is 0.493 e. The minimum Gasteiger partial charge on any atom is -0.493 e. The number of carbonyl (C=O) groups is 1. The lowest BCUT2D eigenvalue weighted by Crippen LogP contribution is -2.22. The molecule has 0 unspecified atom stereocenters. The van der Waals surface area contributed by atoms with Gasteiger partial charge in [-0.15, -0.1) is 10.2 Å². The number of aromatic nitrogens is 3. The van der Waals surface area contributed by atoms with Crippen LogP contribution in [0, 0.1) is 6.92 Å². The molecule has 10 heteroatoms. The van der Waals surface area contributed by atoms with E-state index in [1.165, 1.54) is 4.57 Å². The van der Waals surface area contributed by atoms with Gasteiger partial charge in [0.2, 0.25) is 5.88 Å². The van der Waals surface area contributed by atoms with Gasteiger partial charge in [-0.05, 0) is 49.4 Å². The summed E-state index contributed by atoms with van der Waals surface area (Å²) in [4.78, 5) is 33.3. The number of para-hydroxylation sites is 1. The molecular formula is C25H18ClN5O3S. The van der Waals surface area contributed by atoms with Crippen LogP contribution in [0.4, 0.5) is 5.69 Å². The Balaban J connectivity index is 1.46. The van der Waals surface area contributed by atoms with Gasteiger partial charge in [-0.25, -0.2) is 4.98 Å². The van der Waals surface area contributed by atoms with E-state index in [-0.39, 0.29) is 22.9 Å². The Morgan fingerprint density at radius 3 is 2.71 bits per heavy atom. The third-order valence-corrected chi connectivity index (χ3v) is 6.47. The molecule has 0 saturated heterocycles. The molecule has 2 heterocycles. The van der Waals surface area contributed by atoms with Crippen molar-refractivity contribution >= 4 is 56.8 Å². The first-order chi connectivity index (χ1) is 16.9. The number of hydrogen-bond acceptors (Lipinski definition) is 6. The summed E-state index contributed by atoms with van der Waals surface area (Å²) in [6.45, 7) is 1.91. The summed E-state index contributed by atoms with van der Waals surface area (Å²) in [5, 5.41) is 19.7. The van der Waals surface area contributed by atoms with Gasteiger partial charge in [0.1, 0.15) is 0 Å². The van der Waals surface area contributed by atoms with Gasteiger partial charge in [-0.3, -0.25) is 14.2 Å². The van der Waals surface area contributed by atoms with E-state index in [1.807, 2.05) is 31.2 Å². The van der Waals surface area contributed by atoms with Gasteiger partial charge >= 0.3 is 0 Å². The number of aromatic amines is 1. The summed E-state index contributed by atoms with van der Waals surface area (Å²) >= 11 is 7.12. The number of nitrogens with one attached hydrogen (secondary N) is 1. The molecule has 2 N–H and O–H groups in total. The van der Waals surface area contributed by atoms with E-state index in [0.29, 0.717) is 37.7 Å². The van der Waals surface area contributed by atoms with Gasteiger partial charge in [-0.1, -0.05) is 53.2 Å². The Hall–Kier alpha value is -3.95. The summed E-state index contributed by atoms with van der Waals surface area (Å²) < 4.78 is 1.49. The standard InChI is InChI=1S/C25H18ClN5O3S/c1-14-7-9-20-18(11-14)24(34)31(16-5-3-2-4-6-16)25(28-20)35-13-21(32)29-30-22-17-12-15(26)8-10-19(17)27-23(22)33/h2-12,27,33H,13H2,1H3. The lowest BCUT2D eigenvalue weighted by molar-refractivity contribution is -0.115. The number of carbonyl (C=O) groups excluding carboxylic acids is 1. The Morgan fingerprint density at radius 2 is 1.91 bits per heavy atom. The summed E-state index contributed by atoms with van der Waals surface area (Å²) in [7, 11) is 0. The third-order valence-electron chi connectivity index (χ3n) is 5.31. The first kappa shape index (κ1) is 22.8. The van der Waals surface area contributed by atoms with Crippen molar-refractivity contribution in [3.63, 3.8) is 0 Å². The monoisotopic (exact) mass is 503 g/mol. The van der Waals surface area contributed by atoms with Crippen LogP contribution < -0.4 is 5.56 Å². The number of thioether (sulfide) groups is 1. The number of amides is 1. The molecule has 0 bridgehead atoms. The molecule has 5 rings (SSSR count). The quantitative estimate of drug-likeness (QED) is 0.175. The third kappa shape index (κ3) is 4.55. The second-order valence-electron chi connectivity index (χ2n) is 7.79. The van der Waals surface area contributed by atoms with Gasteiger partial charge in [0.05, 0.1) is 27.9 Å². The van der Waals surface area contributed by atoms with Crippen LogP contribution in [0.25, 0.3) is 27.5 Å². The molecular weight excluding hydrogens is 486 g/mol. The van der Waals surface area contributed by atoms with Crippen molar-refractivity contribution in [3.8, 4) is 11.6 Å². The second kappa shape index (κ2) is 9.36. The van der Waals surface area contributed by atoms with E-state index < -0.39 is 5.91 Å². The SMILES string of the molecule is Cc1ccc2nc(SCC(=O)N=Nc3c(O)[nH]c4ccc(Cl)cc34)n(-c3ccccc3)c(=O)c2c1.